The summed E-state index contributed by atoms with van der Waals surface area (Å²) in [4.78, 5) is 1.31. The van der Waals surface area contributed by atoms with Crippen molar-refractivity contribution in [3.05, 3.63) is 94.9 Å². The van der Waals surface area contributed by atoms with Crippen LogP contribution in [0.5, 0.6) is 0 Å². The summed E-state index contributed by atoms with van der Waals surface area (Å²) < 4.78 is 108. The summed E-state index contributed by atoms with van der Waals surface area (Å²) in [7, 11) is 0. The first-order valence-corrected chi connectivity index (χ1v) is 8.03. The van der Waals surface area contributed by atoms with Gasteiger partial charge < -0.3 is 10.2 Å². The Bertz CT molecular complexity index is 1570. The summed E-state index contributed by atoms with van der Waals surface area (Å²) >= 11 is 0. The predicted octanol–water partition coefficient (Wildman–Crippen LogP) is 5.64. The van der Waals surface area contributed by atoms with Crippen LogP contribution in [0.15, 0.2) is 72.7 Å². The molecule has 0 amide bonds. The SMILES string of the molecule is [2H]C1=C(c2c(C)c([2H])c([2H])c([2H])c2C([2H])([2H])[2H])N(c2c([2H])c([2H])c(C)c([2H])c2-c2ccc([2H])c([2H])c2[2H])CN1. The zero-order chi connectivity index (χ0) is 29.3. The first-order chi connectivity index (χ1) is 18.0. The standard InChI is InChI=1S/C24H24N2/c1-17-12-13-22(21(14-17)20-10-5-4-6-11-20)26-16-25-15-23(26)24-18(2)8-7-9-19(24)3/h4-15,25H,16H2,1-3H3/i2D3,4D,5D,7D,8D,9D,10D,12D,13D,14D,15D. The highest BCUT2D eigenvalue weighted by Gasteiger charge is 2.23. The van der Waals surface area contributed by atoms with Crippen LogP contribution in [0.25, 0.3) is 16.8 Å². The molecule has 2 heteroatoms. The maximum absolute atomic E-state index is 8.84. The number of hydrogen-bond donors (Lipinski definition) is 1. The number of hydrogen-bond acceptors (Lipinski definition) is 2. The van der Waals surface area contributed by atoms with Crippen molar-refractivity contribution in [3.63, 3.8) is 0 Å². The van der Waals surface area contributed by atoms with E-state index in [2.05, 4.69) is 5.32 Å². The van der Waals surface area contributed by atoms with E-state index < -0.39 is 36.6 Å². The molecule has 0 unspecified atom stereocenters. The van der Waals surface area contributed by atoms with Crippen LogP contribution in [0.4, 0.5) is 5.69 Å². The molecule has 0 aliphatic carbocycles. The Morgan fingerprint density at radius 1 is 1.04 bits per heavy atom. The number of anilines is 1. The van der Waals surface area contributed by atoms with Crippen molar-refractivity contribution in [2.45, 2.75) is 20.7 Å². The van der Waals surface area contributed by atoms with E-state index in [1.54, 1.807) is 0 Å². The Hall–Kier alpha value is -3.00. The van der Waals surface area contributed by atoms with E-state index in [1.165, 1.54) is 30.9 Å². The summed E-state index contributed by atoms with van der Waals surface area (Å²) in [6.07, 6.45) is -0.294. The minimum Gasteiger partial charge on any atom is -0.372 e. The van der Waals surface area contributed by atoms with Crippen molar-refractivity contribution in [3.8, 4) is 11.1 Å². The van der Waals surface area contributed by atoms with Crippen LogP contribution in [0, 0.1) is 20.7 Å². The normalized spacial score (nSPS) is 21.5. The molecule has 26 heavy (non-hydrogen) atoms. The number of nitrogens with zero attached hydrogens (tertiary/aromatic N) is 1. The maximum Gasteiger partial charge on any atom is 0.0922 e. The van der Waals surface area contributed by atoms with Gasteiger partial charge in [-0.15, -0.1) is 0 Å². The molecule has 0 fully saturated rings. The Labute approximate surface area is 174 Å². The van der Waals surface area contributed by atoms with Crippen LogP contribution >= 0.6 is 0 Å². The zero-order valence-corrected chi connectivity index (χ0v) is 14.3. The fourth-order valence-electron chi connectivity index (χ4n) is 2.88. The molecule has 0 atom stereocenters. The van der Waals surface area contributed by atoms with Gasteiger partial charge in [0.1, 0.15) is 0 Å². The molecule has 0 aromatic heterocycles. The first kappa shape index (κ1) is 7.32. The van der Waals surface area contributed by atoms with Gasteiger partial charge in [0.2, 0.25) is 0 Å². The molecular formula is C24H24N2. The third kappa shape index (κ3) is 2.88. The van der Waals surface area contributed by atoms with E-state index in [1.807, 2.05) is 0 Å². The lowest BCUT2D eigenvalue weighted by Gasteiger charge is -2.26. The van der Waals surface area contributed by atoms with Crippen molar-refractivity contribution in [1.29, 1.82) is 0 Å². The van der Waals surface area contributed by atoms with E-state index >= 15 is 0 Å². The minimum absolute atomic E-state index is 0.0107. The smallest absolute Gasteiger partial charge is 0.0922 e. The third-order valence-corrected chi connectivity index (χ3v) is 4.07. The van der Waals surface area contributed by atoms with Gasteiger partial charge in [0.25, 0.3) is 0 Å². The molecule has 2 nitrogen and oxygen atoms in total. The van der Waals surface area contributed by atoms with Crippen LogP contribution in [0.3, 0.4) is 0 Å². The molecule has 1 aliphatic rings. The minimum atomic E-state index is -2.90. The van der Waals surface area contributed by atoms with E-state index in [4.69, 9.17) is 17.8 Å². The molecule has 3 aromatic rings. The van der Waals surface area contributed by atoms with Gasteiger partial charge in [-0.1, -0.05) is 60.0 Å². The molecule has 1 N–H and O–H groups in total. The van der Waals surface area contributed by atoms with Crippen LogP contribution in [0.2, 0.25) is 0 Å². The quantitative estimate of drug-likeness (QED) is 0.655. The van der Waals surface area contributed by atoms with E-state index in [-0.39, 0.29) is 82.3 Å². The topological polar surface area (TPSA) is 15.3 Å². The molecule has 4 rings (SSSR count). The molecule has 0 spiro atoms. The lowest BCUT2D eigenvalue weighted by molar-refractivity contribution is 0.904. The Morgan fingerprint density at radius 3 is 2.81 bits per heavy atom. The van der Waals surface area contributed by atoms with E-state index in [0.29, 0.717) is 0 Å². The number of benzene rings is 3. The lowest BCUT2D eigenvalue weighted by Crippen LogP contribution is -2.23. The van der Waals surface area contributed by atoms with Gasteiger partial charge in [-0.2, -0.15) is 0 Å². The summed E-state index contributed by atoms with van der Waals surface area (Å²) in [5.41, 5.74) is -0.730. The van der Waals surface area contributed by atoms with Gasteiger partial charge in [0.05, 0.1) is 31.8 Å². The zero-order valence-electron chi connectivity index (χ0n) is 27.3. The summed E-state index contributed by atoms with van der Waals surface area (Å²) in [5, 5.41) is 2.77. The largest absolute Gasteiger partial charge is 0.372 e. The van der Waals surface area contributed by atoms with Crippen LogP contribution in [-0.4, -0.2) is 6.67 Å². The first-order valence-electron chi connectivity index (χ1n) is 14.5. The summed E-state index contributed by atoms with van der Waals surface area (Å²) in [6.45, 7) is -0.221. The fourth-order valence-corrected chi connectivity index (χ4v) is 2.88. The van der Waals surface area contributed by atoms with Gasteiger partial charge in [-0.3, -0.25) is 0 Å². The lowest BCUT2D eigenvalue weighted by atomic mass is 9.97. The monoisotopic (exact) mass is 353 g/mol. The van der Waals surface area contributed by atoms with Gasteiger partial charge in [-0.25, -0.2) is 0 Å². The number of rotatable bonds is 3. The van der Waals surface area contributed by atoms with Gasteiger partial charge in [0.15, 0.2) is 0 Å². The van der Waals surface area contributed by atoms with Crippen LogP contribution in [0.1, 0.15) is 40.1 Å². The van der Waals surface area contributed by atoms with Crippen molar-refractivity contribution in [2.24, 2.45) is 0 Å². The summed E-state index contributed by atoms with van der Waals surface area (Å²) in [5.74, 6) is 0. The molecular weight excluding hydrogens is 316 g/mol. The van der Waals surface area contributed by atoms with E-state index in [0.717, 1.165) is 0 Å². The molecule has 0 saturated carbocycles. The molecule has 0 bridgehead atoms. The highest BCUT2D eigenvalue weighted by atomic mass is 15.3. The average Bonchev–Trinajstić information content (AvgIpc) is 3.24. The van der Waals surface area contributed by atoms with E-state index in [9.17, 15) is 0 Å². The molecule has 0 saturated heterocycles. The second-order valence-corrected chi connectivity index (χ2v) is 5.85. The molecule has 1 heterocycles. The number of nitrogens with one attached hydrogen (secondary N) is 1. The van der Waals surface area contributed by atoms with Gasteiger partial charge in [-0.05, 0) is 49.5 Å². The van der Waals surface area contributed by atoms with Crippen molar-refractivity contribution < 1.29 is 17.8 Å². The predicted molar refractivity (Wildman–Crippen MR) is 111 cm³/mol. The highest BCUT2D eigenvalue weighted by molar-refractivity contribution is 5.90. The Kier molecular flexibility index (Phi) is 1.89. The molecule has 3 aromatic carbocycles. The fraction of sp³-hybridized carbons (Fsp3) is 0.167. The third-order valence-electron chi connectivity index (χ3n) is 4.07. The summed E-state index contributed by atoms with van der Waals surface area (Å²) in [6, 6.07) is -0.913. The van der Waals surface area contributed by atoms with Crippen LogP contribution < -0.4 is 10.2 Å². The van der Waals surface area contributed by atoms with Gasteiger partial charge >= 0.3 is 0 Å². The second kappa shape index (κ2) is 6.72. The van der Waals surface area contributed by atoms with Crippen molar-refractivity contribution in [2.75, 3.05) is 11.6 Å². The van der Waals surface area contributed by atoms with Gasteiger partial charge in [0, 0.05) is 21.4 Å². The highest BCUT2D eigenvalue weighted by Crippen LogP contribution is 2.38. The molecule has 0 radical (unpaired) electrons. The Morgan fingerprint density at radius 2 is 1.92 bits per heavy atom. The average molecular weight is 354 g/mol. The molecule has 1 aliphatic heterocycles. The Balaban J connectivity index is 2.15. The molecule has 130 valence electrons. The van der Waals surface area contributed by atoms with Crippen molar-refractivity contribution >= 4 is 11.4 Å². The second-order valence-electron chi connectivity index (χ2n) is 5.85. The van der Waals surface area contributed by atoms with Crippen molar-refractivity contribution in [1.82, 2.24) is 5.32 Å². The van der Waals surface area contributed by atoms with Crippen LogP contribution in [-0.2, 0) is 0 Å². The maximum atomic E-state index is 8.84.